The van der Waals surface area contributed by atoms with Gasteiger partial charge in [0.1, 0.15) is 12.4 Å². The van der Waals surface area contributed by atoms with E-state index < -0.39 is 0 Å². The van der Waals surface area contributed by atoms with E-state index in [0.717, 1.165) is 44.1 Å². The highest BCUT2D eigenvalue weighted by molar-refractivity contribution is 5.94. The number of rotatable bonds is 6. The van der Waals surface area contributed by atoms with E-state index in [1.54, 1.807) is 0 Å². The van der Waals surface area contributed by atoms with Crippen molar-refractivity contribution in [3.63, 3.8) is 0 Å². The highest BCUT2D eigenvalue weighted by atomic mass is 16.5. The third-order valence-corrected chi connectivity index (χ3v) is 8.60. The van der Waals surface area contributed by atoms with Crippen molar-refractivity contribution in [1.82, 2.24) is 19.8 Å². The first-order chi connectivity index (χ1) is 19.0. The van der Waals surface area contributed by atoms with E-state index in [4.69, 9.17) is 14.7 Å². The molecule has 2 aromatic carbocycles. The highest BCUT2D eigenvalue weighted by Gasteiger charge is 2.32. The second kappa shape index (κ2) is 11.0. The first kappa shape index (κ1) is 25.8. The molecule has 39 heavy (non-hydrogen) atoms. The van der Waals surface area contributed by atoms with Gasteiger partial charge in [0, 0.05) is 61.4 Å². The summed E-state index contributed by atoms with van der Waals surface area (Å²) >= 11 is 0. The number of hydrogen-bond acceptors (Lipinski definition) is 9. The Morgan fingerprint density at radius 1 is 0.974 bits per heavy atom. The summed E-state index contributed by atoms with van der Waals surface area (Å²) in [4.78, 5) is 19.1. The van der Waals surface area contributed by atoms with E-state index in [1.165, 1.54) is 22.0 Å². The van der Waals surface area contributed by atoms with Gasteiger partial charge in [-0.3, -0.25) is 9.80 Å². The maximum atomic E-state index is 10.1. The van der Waals surface area contributed by atoms with Crippen molar-refractivity contribution in [3.8, 4) is 12.1 Å². The predicted molar refractivity (Wildman–Crippen MR) is 152 cm³/mol. The number of aromatic nitrogens is 2. The summed E-state index contributed by atoms with van der Waals surface area (Å²) in [5.74, 6) is 0.948. The SMILES string of the molecule is CN1CCN(c2nc(OC[C@@H]3C[C@@H](O)CN3C)nc3c2CCN(c2cccc4ccccc24)C3)CC1CC#N. The van der Waals surface area contributed by atoms with Crippen LogP contribution in [0.5, 0.6) is 6.01 Å². The third kappa shape index (κ3) is 5.24. The molecular weight excluding hydrogens is 490 g/mol. The van der Waals surface area contributed by atoms with Crippen molar-refractivity contribution in [2.45, 2.75) is 44.0 Å². The molecule has 0 aliphatic carbocycles. The van der Waals surface area contributed by atoms with Crippen molar-refractivity contribution < 1.29 is 9.84 Å². The number of nitrogens with zero attached hydrogens (tertiary/aromatic N) is 7. The molecule has 9 heteroatoms. The Bertz CT molecular complexity index is 1370. The lowest BCUT2D eigenvalue weighted by Crippen LogP contribution is -2.52. The monoisotopic (exact) mass is 527 g/mol. The number of hydrogen-bond donors (Lipinski definition) is 1. The lowest BCUT2D eigenvalue weighted by Gasteiger charge is -2.41. The van der Waals surface area contributed by atoms with Crippen molar-refractivity contribution in [1.29, 1.82) is 5.26 Å². The Balaban J connectivity index is 1.32. The number of ether oxygens (including phenoxy) is 1. The molecule has 0 saturated carbocycles. The number of likely N-dealkylation sites (N-methyl/N-ethyl adjacent to an activating group) is 2. The van der Waals surface area contributed by atoms with Gasteiger partial charge in [-0.25, -0.2) is 0 Å². The first-order valence-corrected chi connectivity index (χ1v) is 14.0. The molecule has 4 heterocycles. The molecule has 0 bridgehead atoms. The average molecular weight is 528 g/mol. The molecular formula is C30H37N7O2. The van der Waals surface area contributed by atoms with Crippen LogP contribution >= 0.6 is 0 Å². The fourth-order valence-electron chi connectivity index (χ4n) is 6.28. The van der Waals surface area contributed by atoms with E-state index in [0.29, 0.717) is 38.5 Å². The van der Waals surface area contributed by atoms with Crippen molar-refractivity contribution >= 4 is 22.3 Å². The van der Waals surface area contributed by atoms with Crippen molar-refractivity contribution in [3.05, 3.63) is 53.7 Å². The Kier molecular flexibility index (Phi) is 7.26. The van der Waals surface area contributed by atoms with Crippen LogP contribution in [-0.4, -0.2) is 96.5 Å². The van der Waals surface area contributed by atoms with Crippen LogP contribution < -0.4 is 14.5 Å². The predicted octanol–water partition coefficient (Wildman–Crippen LogP) is 2.67. The Morgan fingerprint density at radius 3 is 2.64 bits per heavy atom. The number of fused-ring (bicyclic) bond motifs is 2. The molecule has 0 radical (unpaired) electrons. The molecule has 0 amide bonds. The van der Waals surface area contributed by atoms with Crippen LogP contribution in [0.3, 0.4) is 0 Å². The van der Waals surface area contributed by atoms with Crippen LogP contribution in [0, 0.1) is 11.3 Å². The maximum absolute atomic E-state index is 10.1. The number of aliphatic hydroxyl groups excluding tert-OH is 1. The number of nitriles is 1. The van der Waals surface area contributed by atoms with Gasteiger partial charge in [-0.15, -0.1) is 0 Å². The Hall–Kier alpha value is -3.45. The quantitative estimate of drug-likeness (QED) is 0.519. The minimum absolute atomic E-state index is 0.138. The number of anilines is 2. The van der Waals surface area contributed by atoms with E-state index in [2.05, 4.69) is 75.2 Å². The molecule has 204 valence electrons. The van der Waals surface area contributed by atoms with Gasteiger partial charge < -0.3 is 19.6 Å². The van der Waals surface area contributed by atoms with E-state index in [1.807, 2.05) is 7.05 Å². The van der Waals surface area contributed by atoms with Gasteiger partial charge in [-0.2, -0.15) is 15.2 Å². The number of benzene rings is 2. The summed E-state index contributed by atoms with van der Waals surface area (Å²) in [5.41, 5.74) is 3.41. The summed E-state index contributed by atoms with van der Waals surface area (Å²) in [7, 11) is 4.11. The molecule has 1 N–H and O–H groups in total. The van der Waals surface area contributed by atoms with Gasteiger partial charge in [0.05, 0.1) is 30.8 Å². The normalized spacial score (nSPS) is 24.1. The summed E-state index contributed by atoms with van der Waals surface area (Å²) in [6.07, 6.45) is 1.72. The zero-order chi connectivity index (χ0) is 26.9. The number of likely N-dealkylation sites (tertiary alicyclic amines) is 1. The fourth-order valence-corrected chi connectivity index (χ4v) is 6.28. The molecule has 0 spiro atoms. The highest BCUT2D eigenvalue weighted by Crippen LogP contribution is 2.34. The second-order valence-corrected chi connectivity index (χ2v) is 11.2. The molecule has 2 fully saturated rings. The molecule has 3 aromatic rings. The van der Waals surface area contributed by atoms with Gasteiger partial charge in [0.25, 0.3) is 0 Å². The van der Waals surface area contributed by atoms with Gasteiger partial charge in [0.2, 0.25) is 0 Å². The molecule has 3 aliphatic heterocycles. The lowest BCUT2D eigenvalue weighted by atomic mass is 10.0. The Labute approximate surface area is 230 Å². The van der Waals surface area contributed by atoms with Crippen molar-refractivity contribution in [2.75, 3.05) is 63.2 Å². The second-order valence-electron chi connectivity index (χ2n) is 11.2. The Morgan fingerprint density at radius 2 is 1.82 bits per heavy atom. The average Bonchev–Trinajstić information content (AvgIpc) is 3.28. The molecule has 9 nitrogen and oxygen atoms in total. The minimum Gasteiger partial charge on any atom is -0.462 e. The molecule has 1 aromatic heterocycles. The zero-order valence-electron chi connectivity index (χ0n) is 22.8. The largest absolute Gasteiger partial charge is 0.462 e. The fraction of sp³-hybridized carbons (Fsp3) is 0.500. The molecule has 3 atom stereocenters. The van der Waals surface area contributed by atoms with Crippen LogP contribution in [0.2, 0.25) is 0 Å². The van der Waals surface area contributed by atoms with Gasteiger partial charge in [-0.1, -0.05) is 36.4 Å². The van der Waals surface area contributed by atoms with E-state index >= 15 is 0 Å². The third-order valence-electron chi connectivity index (χ3n) is 8.60. The summed E-state index contributed by atoms with van der Waals surface area (Å²) in [5, 5.41) is 21.9. The number of aliphatic hydroxyl groups is 1. The smallest absolute Gasteiger partial charge is 0.318 e. The maximum Gasteiger partial charge on any atom is 0.318 e. The van der Waals surface area contributed by atoms with Gasteiger partial charge >= 0.3 is 6.01 Å². The molecule has 2 saturated heterocycles. The van der Waals surface area contributed by atoms with Crippen LogP contribution in [0.1, 0.15) is 24.1 Å². The van der Waals surface area contributed by atoms with Crippen LogP contribution in [0.25, 0.3) is 10.8 Å². The first-order valence-electron chi connectivity index (χ1n) is 14.0. The van der Waals surface area contributed by atoms with Crippen LogP contribution in [-0.2, 0) is 13.0 Å². The molecule has 6 rings (SSSR count). The number of β-amino-alcohol motifs (C(OH)–C–C–N with tert-alkyl or cyclic N) is 1. The van der Waals surface area contributed by atoms with E-state index in [-0.39, 0.29) is 18.2 Å². The summed E-state index contributed by atoms with van der Waals surface area (Å²) in [6.45, 7) is 5.17. The molecule has 1 unspecified atom stereocenters. The zero-order valence-corrected chi connectivity index (χ0v) is 22.8. The van der Waals surface area contributed by atoms with Gasteiger partial charge in [0.15, 0.2) is 0 Å². The topological polar surface area (TPSA) is 92.0 Å². The van der Waals surface area contributed by atoms with Gasteiger partial charge in [-0.05, 0) is 38.4 Å². The number of piperazine rings is 1. The minimum atomic E-state index is -0.319. The molecule has 3 aliphatic rings. The van der Waals surface area contributed by atoms with E-state index in [9.17, 15) is 10.4 Å². The van der Waals surface area contributed by atoms with Crippen LogP contribution in [0.15, 0.2) is 42.5 Å². The van der Waals surface area contributed by atoms with Crippen molar-refractivity contribution in [2.24, 2.45) is 0 Å². The van der Waals surface area contributed by atoms with Crippen LogP contribution in [0.4, 0.5) is 11.5 Å². The summed E-state index contributed by atoms with van der Waals surface area (Å²) < 4.78 is 6.23. The standard InChI is InChI=1S/C30H37N7O2/c1-34-14-15-37(17-22(34)10-12-31)29-26-11-13-36(28-9-5-7-21-6-3-4-8-25(21)28)19-27(26)32-30(33-29)39-20-23-16-24(38)18-35(23)2/h3-9,22-24,38H,10-11,13-20H2,1-2H3/t22?,23-,24+/m0/s1. The summed E-state index contributed by atoms with van der Waals surface area (Å²) in [6, 6.07) is 18.1. The lowest BCUT2D eigenvalue weighted by molar-refractivity contribution is 0.182.